The van der Waals surface area contributed by atoms with Gasteiger partial charge in [0.2, 0.25) is 0 Å². The van der Waals surface area contributed by atoms with Crippen molar-refractivity contribution in [3.05, 3.63) is 38.7 Å². The molecule has 22 heavy (non-hydrogen) atoms. The number of carbonyl (C=O) groups excluding carboxylic acids is 1. The van der Waals surface area contributed by atoms with Gasteiger partial charge in [0.1, 0.15) is 11.3 Å². The molecule has 1 amide bonds. The summed E-state index contributed by atoms with van der Waals surface area (Å²) in [6.07, 6.45) is 0. The van der Waals surface area contributed by atoms with E-state index in [0.717, 1.165) is 17.7 Å². The Hall–Kier alpha value is -2.48. The second-order valence-corrected chi connectivity index (χ2v) is 5.32. The maximum Gasteiger partial charge on any atom is 0.332 e. The highest BCUT2D eigenvalue weighted by atomic mass is 16.2. The molecule has 1 aliphatic rings. The smallest absolute Gasteiger partial charge is 0.332 e. The molecule has 0 unspecified atom stereocenters. The summed E-state index contributed by atoms with van der Waals surface area (Å²) in [6, 6.07) is 3.10. The molecule has 116 valence electrons. The van der Waals surface area contributed by atoms with Gasteiger partial charge in [-0.2, -0.15) is 0 Å². The van der Waals surface area contributed by atoms with Crippen LogP contribution in [-0.2, 0) is 14.1 Å². The van der Waals surface area contributed by atoms with E-state index in [0.29, 0.717) is 18.5 Å². The van der Waals surface area contributed by atoms with Crippen LogP contribution < -0.4 is 16.6 Å². The molecule has 0 radical (unpaired) electrons. The van der Waals surface area contributed by atoms with Crippen LogP contribution in [0.1, 0.15) is 10.5 Å². The molecule has 0 aliphatic carbocycles. The van der Waals surface area contributed by atoms with Gasteiger partial charge in [0, 0.05) is 40.3 Å². The Morgan fingerprint density at radius 3 is 2.50 bits per heavy atom. The van der Waals surface area contributed by atoms with Gasteiger partial charge in [-0.15, -0.1) is 0 Å². The lowest BCUT2D eigenvalue weighted by Gasteiger charge is -2.27. The van der Waals surface area contributed by atoms with E-state index in [1.807, 2.05) is 0 Å². The van der Waals surface area contributed by atoms with Gasteiger partial charge in [0.05, 0.1) is 5.39 Å². The van der Waals surface area contributed by atoms with Gasteiger partial charge in [-0.1, -0.05) is 0 Å². The maximum atomic E-state index is 12.5. The van der Waals surface area contributed by atoms with Crippen molar-refractivity contribution in [2.24, 2.45) is 14.1 Å². The van der Waals surface area contributed by atoms with Crippen LogP contribution in [0.15, 0.2) is 21.7 Å². The standard InChI is InChI=1S/C14H17N5O3/c1-17-11-9(12(20)18(2)14(17)22)3-4-10(16-11)13(21)19-7-5-15-6-8-19/h3-4,15H,5-8H2,1-2H3. The van der Waals surface area contributed by atoms with Crippen LogP contribution in [-0.4, -0.2) is 51.1 Å². The molecule has 2 aromatic heterocycles. The molecular formula is C14H17N5O3. The molecule has 8 heteroatoms. The van der Waals surface area contributed by atoms with Gasteiger partial charge in [-0.3, -0.25) is 18.7 Å². The molecule has 1 saturated heterocycles. The van der Waals surface area contributed by atoms with Crippen molar-refractivity contribution >= 4 is 16.9 Å². The van der Waals surface area contributed by atoms with Crippen LogP contribution in [0.4, 0.5) is 0 Å². The molecule has 2 aromatic rings. The predicted molar refractivity (Wildman–Crippen MR) is 81.0 cm³/mol. The summed E-state index contributed by atoms with van der Waals surface area (Å²) < 4.78 is 2.31. The third kappa shape index (κ3) is 2.21. The molecule has 1 N–H and O–H groups in total. The van der Waals surface area contributed by atoms with Crippen LogP contribution in [0.2, 0.25) is 0 Å². The van der Waals surface area contributed by atoms with E-state index in [2.05, 4.69) is 10.3 Å². The number of hydrogen-bond donors (Lipinski definition) is 1. The number of rotatable bonds is 1. The number of hydrogen-bond acceptors (Lipinski definition) is 5. The monoisotopic (exact) mass is 303 g/mol. The minimum Gasteiger partial charge on any atom is -0.335 e. The van der Waals surface area contributed by atoms with E-state index in [1.54, 1.807) is 17.0 Å². The number of carbonyl (C=O) groups is 1. The Balaban J connectivity index is 2.12. The van der Waals surface area contributed by atoms with Gasteiger partial charge in [-0.05, 0) is 12.1 Å². The van der Waals surface area contributed by atoms with Crippen molar-refractivity contribution < 1.29 is 4.79 Å². The molecule has 0 aromatic carbocycles. The second-order valence-electron chi connectivity index (χ2n) is 5.32. The predicted octanol–water partition coefficient (Wildman–Crippen LogP) is -1.32. The zero-order valence-corrected chi connectivity index (χ0v) is 12.5. The van der Waals surface area contributed by atoms with Crippen LogP contribution >= 0.6 is 0 Å². The lowest BCUT2D eigenvalue weighted by molar-refractivity contribution is 0.0730. The zero-order chi connectivity index (χ0) is 15.9. The fraction of sp³-hybridized carbons (Fsp3) is 0.429. The van der Waals surface area contributed by atoms with Crippen molar-refractivity contribution in [1.29, 1.82) is 0 Å². The van der Waals surface area contributed by atoms with E-state index in [1.165, 1.54) is 18.7 Å². The summed E-state index contributed by atoms with van der Waals surface area (Å²) in [5.74, 6) is -0.184. The van der Waals surface area contributed by atoms with E-state index in [9.17, 15) is 14.4 Å². The molecule has 0 atom stereocenters. The summed E-state index contributed by atoms with van der Waals surface area (Å²) >= 11 is 0. The number of pyridine rings is 1. The van der Waals surface area contributed by atoms with Crippen molar-refractivity contribution in [3.63, 3.8) is 0 Å². The summed E-state index contributed by atoms with van der Waals surface area (Å²) in [4.78, 5) is 42.5. The van der Waals surface area contributed by atoms with Crippen LogP contribution in [0.5, 0.6) is 0 Å². The van der Waals surface area contributed by atoms with Crippen LogP contribution in [0.25, 0.3) is 11.0 Å². The molecule has 1 fully saturated rings. The lowest BCUT2D eigenvalue weighted by Crippen LogP contribution is -2.46. The fourth-order valence-corrected chi connectivity index (χ4v) is 2.60. The highest BCUT2D eigenvalue weighted by molar-refractivity contribution is 5.94. The van der Waals surface area contributed by atoms with Gasteiger partial charge >= 0.3 is 5.69 Å². The Morgan fingerprint density at radius 2 is 1.82 bits per heavy atom. The van der Waals surface area contributed by atoms with Gasteiger partial charge in [0.15, 0.2) is 0 Å². The second kappa shape index (κ2) is 5.38. The molecule has 8 nitrogen and oxygen atoms in total. The third-order valence-corrected chi connectivity index (χ3v) is 3.93. The summed E-state index contributed by atoms with van der Waals surface area (Å²) in [6.45, 7) is 2.73. The maximum absolute atomic E-state index is 12.5. The van der Waals surface area contributed by atoms with Gasteiger partial charge < -0.3 is 10.2 Å². The first-order valence-electron chi connectivity index (χ1n) is 7.07. The minimum atomic E-state index is -0.461. The largest absolute Gasteiger partial charge is 0.335 e. The summed E-state index contributed by atoms with van der Waals surface area (Å²) in [7, 11) is 2.96. The first-order valence-corrected chi connectivity index (χ1v) is 7.07. The Morgan fingerprint density at radius 1 is 1.14 bits per heavy atom. The van der Waals surface area contributed by atoms with E-state index in [-0.39, 0.29) is 17.2 Å². The molecule has 0 bridgehead atoms. The highest BCUT2D eigenvalue weighted by Gasteiger charge is 2.20. The Labute approximate surface area is 126 Å². The average Bonchev–Trinajstić information content (AvgIpc) is 2.57. The van der Waals surface area contributed by atoms with Gasteiger partial charge in [0.25, 0.3) is 11.5 Å². The summed E-state index contributed by atoms with van der Waals surface area (Å²) in [5.41, 5.74) is -0.393. The first kappa shape index (κ1) is 14.5. The average molecular weight is 303 g/mol. The Bertz CT molecular complexity index is 861. The lowest BCUT2D eigenvalue weighted by atomic mass is 10.2. The van der Waals surface area contributed by atoms with E-state index >= 15 is 0 Å². The quantitative estimate of drug-likeness (QED) is 0.706. The third-order valence-electron chi connectivity index (χ3n) is 3.93. The topological polar surface area (TPSA) is 89.2 Å². The van der Waals surface area contributed by atoms with Crippen molar-refractivity contribution in [2.75, 3.05) is 26.2 Å². The SMILES string of the molecule is Cn1c(=O)c2ccc(C(=O)N3CCNCC3)nc2n(C)c1=O. The van der Waals surface area contributed by atoms with E-state index < -0.39 is 11.2 Å². The number of aryl methyl sites for hydroxylation is 1. The molecule has 0 saturated carbocycles. The number of amides is 1. The first-order chi connectivity index (χ1) is 10.5. The van der Waals surface area contributed by atoms with Crippen LogP contribution in [0.3, 0.4) is 0 Å². The van der Waals surface area contributed by atoms with E-state index in [4.69, 9.17) is 0 Å². The number of aromatic nitrogens is 3. The number of fused-ring (bicyclic) bond motifs is 1. The molecule has 0 spiro atoms. The van der Waals surface area contributed by atoms with Crippen molar-refractivity contribution in [3.8, 4) is 0 Å². The van der Waals surface area contributed by atoms with Crippen molar-refractivity contribution in [1.82, 2.24) is 24.3 Å². The molecule has 1 aliphatic heterocycles. The normalized spacial score (nSPS) is 15.3. The van der Waals surface area contributed by atoms with Crippen LogP contribution in [0, 0.1) is 0 Å². The number of piperazine rings is 1. The highest BCUT2D eigenvalue weighted by Crippen LogP contribution is 2.09. The van der Waals surface area contributed by atoms with Gasteiger partial charge in [-0.25, -0.2) is 9.78 Å². The molecule has 3 rings (SSSR count). The minimum absolute atomic E-state index is 0.184. The Kier molecular flexibility index (Phi) is 3.53. The summed E-state index contributed by atoms with van der Waals surface area (Å²) in [5, 5.41) is 3.50. The molecular weight excluding hydrogens is 286 g/mol. The number of nitrogens with one attached hydrogen (secondary N) is 1. The fourth-order valence-electron chi connectivity index (χ4n) is 2.60. The zero-order valence-electron chi connectivity index (χ0n) is 12.5. The van der Waals surface area contributed by atoms with Crippen molar-refractivity contribution in [2.45, 2.75) is 0 Å². The number of nitrogens with zero attached hydrogens (tertiary/aromatic N) is 4. The molecule has 3 heterocycles.